The zero-order valence-electron chi connectivity index (χ0n) is 8.85. The van der Waals surface area contributed by atoms with Gasteiger partial charge in [-0.3, -0.25) is 4.68 Å². The highest BCUT2D eigenvalue weighted by Crippen LogP contribution is 2.10. The van der Waals surface area contributed by atoms with Gasteiger partial charge in [0.1, 0.15) is 4.90 Å². The van der Waals surface area contributed by atoms with Crippen LogP contribution in [0.15, 0.2) is 17.3 Å². The molecule has 0 spiro atoms. The SMILES string of the molecule is C#CC(C)(C)NS(=O)(=O)c1cnn(C)c1. The molecule has 0 aliphatic heterocycles. The molecule has 15 heavy (non-hydrogen) atoms. The van der Waals surface area contributed by atoms with Crippen LogP contribution in [-0.4, -0.2) is 23.7 Å². The summed E-state index contributed by atoms with van der Waals surface area (Å²) < 4.78 is 27.3. The molecule has 0 aliphatic rings. The lowest BCUT2D eigenvalue weighted by Crippen LogP contribution is -2.41. The van der Waals surface area contributed by atoms with Crippen molar-refractivity contribution in [3.05, 3.63) is 12.4 Å². The van der Waals surface area contributed by atoms with E-state index < -0.39 is 15.6 Å². The minimum atomic E-state index is -3.59. The first-order valence-electron chi connectivity index (χ1n) is 4.27. The van der Waals surface area contributed by atoms with E-state index in [9.17, 15) is 8.42 Å². The van der Waals surface area contributed by atoms with Crippen LogP contribution in [0.2, 0.25) is 0 Å². The monoisotopic (exact) mass is 227 g/mol. The van der Waals surface area contributed by atoms with Gasteiger partial charge < -0.3 is 0 Å². The van der Waals surface area contributed by atoms with Crippen LogP contribution in [0, 0.1) is 12.3 Å². The number of aryl methyl sites for hydroxylation is 1. The average Bonchev–Trinajstić information content (AvgIpc) is 2.51. The molecule has 0 bridgehead atoms. The third-order valence-electron chi connectivity index (χ3n) is 1.74. The minimum Gasteiger partial charge on any atom is -0.274 e. The molecule has 0 amide bonds. The van der Waals surface area contributed by atoms with Gasteiger partial charge in [-0.1, -0.05) is 5.92 Å². The van der Waals surface area contributed by atoms with Crippen LogP contribution in [0.1, 0.15) is 13.8 Å². The van der Waals surface area contributed by atoms with E-state index in [1.165, 1.54) is 17.1 Å². The van der Waals surface area contributed by atoms with Crippen LogP contribution in [-0.2, 0) is 17.1 Å². The second-order valence-corrected chi connectivity index (χ2v) is 5.41. The van der Waals surface area contributed by atoms with Crippen molar-refractivity contribution in [3.8, 4) is 12.3 Å². The molecule has 0 atom stereocenters. The Morgan fingerprint density at radius 1 is 1.60 bits per heavy atom. The van der Waals surface area contributed by atoms with Gasteiger partial charge >= 0.3 is 0 Å². The number of nitrogens with one attached hydrogen (secondary N) is 1. The van der Waals surface area contributed by atoms with Crippen molar-refractivity contribution >= 4 is 10.0 Å². The maximum absolute atomic E-state index is 11.8. The standard InChI is InChI=1S/C9H13N3O2S/c1-5-9(2,3)11-15(13,14)8-6-10-12(4)7-8/h1,6-7,11H,2-4H3. The first kappa shape index (κ1) is 11.8. The maximum atomic E-state index is 11.8. The van der Waals surface area contributed by atoms with Crippen molar-refractivity contribution in [2.75, 3.05) is 0 Å². The lowest BCUT2D eigenvalue weighted by molar-refractivity contribution is 0.539. The molecule has 6 heteroatoms. The number of rotatable bonds is 3. The van der Waals surface area contributed by atoms with Crippen LogP contribution in [0.25, 0.3) is 0 Å². The highest BCUT2D eigenvalue weighted by Gasteiger charge is 2.24. The van der Waals surface area contributed by atoms with E-state index in [0.717, 1.165) is 0 Å². The summed E-state index contributed by atoms with van der Waals surface area (Å²) in [7, 11) is -1.94. The van der Waals surface area contributed by atoms with E-state index in [2.05, 4.69) is 15.7 Å². The summed E-state index contributed by atoms with van der Waals surface area (Å²) in [6.07, 6.45) is 7.88. The molecule has 1 rings (SSSR count). The van der Waals surface area contributed by atoms with E-state index in [0.29, 0.717) is 0 Å². The molecule has 0 radical (unpaired) electrons. The number of nitrogens with zero attached hydrogens (tertiary/aromatic N) is 2. The molecule has 0 unspecified atom stereocenters. The van der Waals surface area contributed by atoms with Crippen molar-refractivity contribution in [1.29, 1.82) is 0 Å². The normalized spacial score (nSPS) is 12.4. The highest BCUT2D eigenvalue weighted by molar-refractivity contribution is 7.89. The zero-order valence-corrected chi connectivity index (χ0v) is 9.67. The largest absolute Gasteiger partial charge is 0.274 e. The number of hydrogen-bond acceptors (Lipinski definition) is 3. The Morgan fingerprint density at radius 3 is 2.60 bits per heavy atom. The van der Waals surface area contributed by atoms with Crippen LogP contribution in [0.3, 0.4) is 0 Å². The van der Waals surface area contributed by atoms with Gasteiger partial charge in [0, 0.05) is 13.2 Å². The number of hydrogen-bond donors (Lipinski definition) is 1. The van der Waals surface area contributed by atoms with Crippen LogP contribution in [0.5, 0.6) is 0 Å². The van der Waals surface area contributed by atoms with Gasteiger partial charge in [-0.15, -0.1) is 6.42 Å². The first-order chi connectivity index (χ1) is 6.77. The Hall–Kier alpha value is -1.32. The maximum Gasteiger partial charge on any atom is 0.244 e. The lowest BCUT2D eigenvalue weighted by Gasteiger charge is -2.18. The molecule has 1 N–H and O–H groups in total. The Kier molecular flexibility index (Phi) is 2.88. The lowest BCUT2D eigenvalue weighted by atomic mass is 10.1. The fraction of sp³-hybridized carbons (Fsp3) is 0.444. The molecule has 0 aromatic carbocycles. The Balaban J connectivity index is 3.01. The molecule has 0 saturated carbocycles. The molecule has 1 aromatic heterocycles. The number of aromatic nitrogens is 2. The van der Waals surface area contributed by atoms with E-state index >= 15 is 0 Å². The second-order valence-electron chi connectivity index (χ2n) is 3.72. The smallest absolute Gasteiger partial charge is 0.244 e. The highest BCUT2D eigenvalue weighted by atomic mass is 32.2. The summed E-state index contributed by atoms with van der Waals surface area (Å²) in [5.74, 6) is 2.36. The van der Waals surface area contributed by atoms with Gasteiger partial charge in [-0.25, -0.2) is 8.42 Å². The fourth-order valence-electron chi connectivity index (χ4n) is 0.962. The fourth-order valence-corrected chi connectivity index (χ4v) is 2.29. The van der Waals surface area contributed by atoms with Crippen molar-refractivity contribution in [2.24, 2.45) is 7.05 Å². The first-order valence-corrected chi connectivity index (χ1v) is 5.75. The Bertz CT molecular complexity index is 494. The van der Waals surface area contributed by atoms with Gasteiger partial charge in [-0.05, 0) is 13.8 Å². The van der Waals surface area contributed by atoms with Crippen LogP contribution in [0.4, 0.5) is 0 Å². The van der Waals surface area contributed by atoms with E-state index in [1.807, 2.05) is 0 Å². The topological polar surface area (TPSA) is 64.0 Å². The molecule has 5 nitrogen and oxygen atoms in total. The third kappa shape index (κ3) is 2.81. The van der Waals surface area contributed by atoms with E-state index in [-0.39, 0.29) is 4.90 Å². The van der Waals surface area contributed by atoms with Crippen molar-refractivity contribution in [2.45, 2.75) is 24.3 Å². The van der Waals surface area contributed by atoms with Crippen molar-refractivity contribution < 1.29 is 8.42 Å². The predicted molar refractivity (Wildman–Crippen MR) is 56.4 cm³/mol. The molecular formula is C9H13N3O2S. The van der Waals surface area contributed by atoms with Gasteiger partial charge in [-0.2, -0.15) is 9.82 Å². The molecule has 0 saturated heterocycles. The van der Waals surface area contributed by atoms with Crippen molar-refractivity contribution in [3.63, 3.8) is 0 Å². The van der Waals surface area contributed by atoms with Gasteiger partial charge in [0.2, 0.25) is 10.0 Å². The van der Waals surface area contributed by atoms with E-state index in [4.69, 9.17) is 6.42 Å². The van der Waals surface area contributed by atoms with Crippen LogP contribution >= 0.6 is 0 Å². The summed E-state index contributed by atoms with van der Waals surface area (Å²) in [5.41, 5.74) is -0.908. The van der Waals surface area contributed by atoms with Crippen LogP contribution < -0.4 is 4.72 Å². The number of sulfonamides is 1. The quantitative estimate of drug-likeness (QED) is 0.745. The molecule has 82 valence electrons. The predicted octanol–water partition coefficient (Wildman–Crippen LogP) is 0.110. The zero-order chi connectivity index (χ0) is 11.7. The minimum absolute atomic E-state index is 0.105. The summed E-state index contributed by atoms with van der Waals surface area (Å²) in [5, 5.41) is 3.78. The van der Waals surface area contributed by atoms with E-state index in [1.54, 1.807) is 20.9 Å². The molecule has 1 heterocycles. The molecule has 1 aromatic rings. The summed E-state index contributed by atoms with van der Waals surface area (Å²) in [6.45, 7) is 3.22. The average molecular weight is 227 g/mol. The Labute approximate surface area is 89.5 Å². The summed E-state index contributed by atoms with van der Waals surface area (Å²) in [6, 6.07) is 0. The third-order valence-corrected chi connectivity index (χ3v) is 3.35. The molecule has 0 fully saturated rings. The van der Waals surface area contributed by atoms with Gasteiger partial charge in [0.05, 0.1) is 11.7 Å². The Morgan fingerprint density at radius 2 is 2.20 bits per heavy atom. The summed E-state index contributed by atoms with van der Waals surface area (Å²) >= 11 is 0. The molecular weight excluding hydrogens is 214 g/mol. The number of terminal acetylenes is 1. The molecule has 0 aliphatic carbocycles. The van der Waals surface area contributed by atoms with Gasteiger partial charge in [0.15, 0.2) is 0 Å². The van der Waals surface area contributed by atoms with Crippen molar-refractivity contribution in [1.82, 2.24) is 14.5 Å². The van der Waals surface area contributed by atoms with Gasteiger partial charge in [0.25, 0.3) is 0 Å². The second kappa shape index (κ2) is 3.68. The summed E-state index contributed by atoms with van der Waals surface area (Å²) in [4.78, 5) is 0.105.